The molecule has 4 rings (SSSR count). The van der Waals surface area contributed by atoms with E-state index in [0.29, 0.717) is 36.8 Å². The summed E-state index contributed by atoms with van der Waals surface area (Å²) in [5.41, 5.74) is 1.74. The summed E-state index contributed by atoms with van der Waals surface area (Å²) in [5.74, 6) is -2.34. The highest BCUT2D eigenvalue weighted by atomic mass is 19.4. The van der Waals surface area contributed by atoms with E-state index in [1.54, 1.807) is 24.2 Å². The van der Waals surface area contributed by atoms with Crippen LogP contribution in [0.2, 0.25) is 0 Å². The van der Waals surface area contributed by atoms with Gasteiger partial charge in [0.25, 0.3) is 11.8 Å². The summed E-state index contributed by atoms with van der Waals surface area (Å²) in [6, 6.07) is 11.4. The highest BCUT2D eigenvalue weighted by molar-refractivity contribution is 5.95. The molecule has 2 N–H and O–H groups in total. The molecule has 1 aliphatic rings. The predicted molar refractivity (Wildman–Crippen MR) is 106 cm³/mol. The maximum atomic E-state index is 12.8. The Bertz CT molecular complexity index is 1180. The summed E-state index contributed by atoms with van der Waals surface area (Å²) in [6.07, 6.45) is -3.53. The van der Waals surface area contributed by atoms with Crippen molar-refractivity contribution in [3.63, 3.8) is 0 Å². The van der Waals surface area contributed by atoms with E-state index in [-0.39, 0.29) is 11.8 Å². The predicted octanol–water partition coefficient (Wildman–Crippen LogP) is 2.08. The summed E-state index contributed by atoms with van der Waals surface area (Å²) in [4.78, 5) is 44.0. The molecular weight excluding hydrogens is 431 g/mol. The number of fused-ring (bicyclic) bond motifs is 2. The fraction of sp³-hybridized carbons (Fsp3) is 0.250. The van der Waals surface area contributed by atoms with E-state index in [1.807, 2.05) is 34.9 Å². The number of aromatic nitrogens is 3. The van der Waals surface area contributed by atoms with Gasteiger partial charge in [-0.3, -0.25) is 9.59 Å². The van der Waals surface area contributed by atoms with E-state index in [2.05, 4.69) is 15.3 Å². The van der Waals surface area contributed by atoms with E-state index < -0.39 is 12.1 Å². The first-order valence-electron chi connectivity index (χ1n) is 9.33. The Morgan fingerprint density at radius 3 is 2.44 bits per heavy atom. The van der Waals surface area contributed by atoms with Gasteiger partial charge in [0, 0.05) is 25.5 Å². The zero-order chi connectivity index (χ0) is 23.5. The molecule has 2 aromatic heterocycles. The van der Waals surface area contributed by atoms with Gasteiger partial charge in [-0.2, -0.15) is 13.2 Å². The van der Waals surface area contributed by atoms with Crippen molar-refractivity contribution in [2.24, 2.45) is 0 Å². The second-order valence-electron chi connectivity index (χ2n) is 6.71. The molecule has 0 saturated heterocycles. The lowest BCUT2D eigenvalue weighted by atomic mass is 10.2. The van der Waals surface area contributed by atoms with E-state index >= 15 is 0 Å². The number of benzene rings is 1. The van der Waals surface area contributed by atoms with Crippen molar-refractivity contribution in [2.75, 3.05) is 13.6 Å². The van der Waals surface area contributed by atoms with Gasteiger partial charge >= 0.3 is 12.1 Å². The molecular formula is C20H18F3N5O4. The fourth-order valence-electron chi connectivity index (χ4n) is 3.09. The first-order valence-corrected chi connectivity index (χ1v) is 9.33. The van der Waals surface area contributed by atoms with Crippen LogP contribution in [0.5, 0.6) is 0 Å². The number of amides is 2. The summed E-state index contributed by atoms with van der Waals surface area (Å²) in [5, 5.41) is 10.7. The highest BCUT2D eigenvalue weighted by Crippen LogP contribution is 2.18. The quantitative estimate of drug-likeness (QED) is 0.619. The van der Waals surface area contributed by atoms with Crippen LogP contribution >= 0.6 is 0 Å². The minimum Gasteiger partial charge on any atom is -0.475 e. The second kappa shape index (κ2) is 9.04. The van der Waals surface area contributed by atoms with Crippen LogP contribution in [0.1, 0.15) is 26.8 Å². The first kappa shape index (κ1) is 22.7. The molecule has 0 unspecified atom stereocenters. The number of carbonyl (C=O) groups is 3. The number of imidazole rings is 1. The molecule has 3 heterocycles. The van der Waals surface area contributed by atoms with Crippen molar-refractivity contribution < 1.29 is 32.7 Å². The summed E-state index contributed by atoms with van der Waals surface area (Å²) in [6.45, 7) is 1.42. The number of nitrogens with one attached hydrogen (secondary N) is 1. The number of pyridine rings is 1. The van der Waals surface area contributed by atoms with E-state index in [4.69, 9.17) is 9.90 Å². The zero-order valence-electron chi connectivity index (χ0n) is 16.8. The minimum absolute atomic E-state index is 0.124. The number of hydrogen-bond donors (Lipinski definition) is 2. The Kier molecular flexibility index (Phi) is 6.42. The molecule has 3 aromatic rings. The zero-order valence-corrected chi connectivity index (χ0v) is 16.8. The maximum absolute atomic E-state index is 12.8. The Hall–Kier alpha value is -3.96. The van der Waals surface area contributed by atoms with E-state index in [0.717, 1.165) is 10.9 Å². The second-order valence-corrected chi connectivity index (χ2v) is 6.71. The van der Waals surface area contributed by atoms with Gasteiger partial charge in [0.1, 0.15) is 17.2 Å². The lowest BCUT2D eigenvalue weighted by molar-refractivity contribution is -0.192. The molecule has 2 amide bonds. The number of rotatable bonds is 2. The Morgan fingerprint density at radius 2 is 1.78 bits per heavy atom. The Morgan fingerprint density at radius 1 is 1.09 bits per heavy atom. The number of aliphatic carboxylic acids is 1. The number of carboxylic acids is 1. The van der Waals surface area contributed by atoms with Crippen LogP contribution in [0.25, 0.3) is 10.9 Å². The van der Waals surface area contributed by atoms with Gasteiger partial charge < -0.3 is 19.9 Å². The molecule has 0 aliphatic carbocycles. The lowest BCUT2D eigenvalue weighted by Crippen LogP contribution is -2.39. The first-order chi connectivity index (χ1) is 15.1. The number of para-hydroxylation sites is 1. The standard InChI is InChI=1S/C18H17N5O2.C2HF3O2/c1-19-17(24)15-10-20-16-11-22(8-9-23(15)16)18(25)14-7-6-12-4-2-3-5-13(12)21-14;3-2(4,5)1(6)7/h2-7,10H,8-9,11H2,1H3,(H,19,24);(H,6,7). The van der Waals surface area contributed by atoms with Crippen LogP contribution < -0.4 is 5.32 Å². The molecule has 1 aliphatic heterocycles. The van der Waals surface area contributed by atoms with Crippen molar-refractivity contribution in [3.05, 3.63) is 59.8 Å². The van der Waals surface area contributed by atoms with Crippen LogP contribution in [0.15, 0.2) is 42.6 Å². The molecule has 0 bridgehead atoms. The third kappa shape index (κ3) is 4.85. The number of carboxylic acid groups (broad SMARTS) is 1. The molecule has 9 nitrogen and oxygen atoms in total. The smallest absolute Gasteiger partial charge is 0.475 e. The van der Waals surface area contributed by atoms with Gasteiger partial charge in [0.2, 0.25) is 0 Å². The average molecular weight is 449 g/mol. The van der Waals surface area contributed by atoms with Gasteiger partial charge in [-0.15, -0.1) is 0 Å². The monoisotopic (exact) mass is 449 g/mol. The average Bonchev–Trinajstić information content (AvgIpc) is 3.20. The van der Waals surface area contributed by atoms with Crippen molar-refractivity contribution in [1.29, 1.82) is 0 Å². The fourth-order valence-corrected chi connectivity index (χ4v) is 3.09. The molecule has 32 heavy (non-hydrogen) atoms. The van der Waals surface area contributed by atoms with Gasteiger partial charge in [-0.05, 0) is 12.1 Å². The number of nitrogens with zero attached hydrogens (tertiary/aromatic N) is 4. The van der Waals surface area contributed by atoms with E-state index in [9.17, 15) is 22.8 Å². The number of halogens is 3. The lowest BCUT2D eigenvalue weighted by Gasteiger charge is -2.28. The van der Waals surface area contributed by atoms with Crippen LogP contribution in [-0.2, 0) is 17.9 Å². The Balaban J connectivity index is 0.000000360. The van der Waals surface area contributed by atoms with Gasteiger partial charge in [0.15, 0.2) is 0 Å². The largest absolute Gasteiger partial charge is 0.490 e. The molecule has 0 atom stereocenters. The third-order valence-corrected chi connectivity index (χ3v) is 4.67. The third-order valence-electron chi connectivity index (χ3n) is 4.67. The van der Waals surface area contributed by atoms with Gasteiger partial charge in [0.05, 0.1) is 18.3 Å². The van der Waals surface area contributed by atoms with Crippen molar-refractivity contribution in [2.45, 2.75) is 19.3 Å². The normalized spacial score (nSPS) is 13.1. The molecule has 0 saturated carbocycles. The minimum atomic E-state index is -5.08. The molecule has 12 heteroatoms. The van der Waals surface area contributed by atoms with Crippen LogP contribution in [0.3, 0.4) is 0 Å². The highest BCUT2D eigenvalue weighted by Gasteiger charge is 2.38. The van der Waals surface area contributed by atoms with Gasteiger partial charge in [-0.25, -0.2) is 14.8 Å². The van der Waals surface area contributed by atoms with Gasteiger partial charge in [-0.1, -0.05) is 24.3 Å². The molecule has 1 aromatic carbocycles. The molecule has 0 fully saturated rings. The molecule has 0 spiro atoms. The Labute approximate surface area is 179 Å². The topological polar surface area (TPSA) is 117 Å². The van der Waals surface area contributed by atoms with E-state index in [1.165, 1.54) is 0 Å². The maximum Gasteiger partial charge on any atom is 0.490 e. The van der Waals surface area contributed by atoms with Crippen LogP contribution in [0.4, 0.5) is 13.2 Å². The molecule has 0 radical (unpaired) electrons. The summed E-state index contributed by atoms with van der Waals surface area (Å²) < 4.78 is 33.6. The van der Waals surface area contributed by atoms with Crippen molar-refractivity contribution in [3.8, 4) is 0 Å². The van der Waals surface area contributed by atoms with Crippen LogP contribution in [-0.4, -0.2) is 62.1 Å². The SMILES string of the molecule is CNC(=O)c1cnc2n1CCN(C(=O)c1ccc3ccccc3n1)C2.O=C(O)C(F)(F)F. The summed E-state index contributed by atoms with van der Waals surface area (Å²) >= 11 is 0. The van der Waals surface area contributed by atoms with Crippen molar-refractivity contribution >= 4 is 28.7 Å². The molecule has 168 valence electrons. The number of alkyl halides is 3. The number of carbonyl (C=O) groups excluding carboxylic acids is 2. The number of hydrogen-bond acceptors (Lipinski definition) is 5. The van der Waals surface area contributed by atoms with Crippen LogP contribution in [0, 0.1) is 0 Å². The van der Waals surface area contributed by atoms with Crippen molar-refractivity contribution in [1.82, 2.24) is 24.8 Å². The summed E-state index contributed by atoms with van der Waals surface area (Å²) in [7, 11) is 1.59.